The largest absolute Gasteiger partial charge is 0.463 e. The van der Waals surface area contributed by atoms with Crippen LogP contribution in [0.4, 0.5) is 0 Å². The van der Waals surface area contributed by atoms with Gasteiger partial charge in [0.2, 0.25) is 6.79 Å². The van der Waals surface area contributed by atoms with Crippen LogP contribution in [0.5, 0.6) is 11.5 Å². The molecule has 0 amide bonds. The first-order valence-corrected chi connectivity index (χ1v) is 8.52. The summed E-state index contributed by atoms with van der Waals surface area (Å²) < 4.78 is 16.0. The minimum absolute atomic E-state index is 0.212. The van der Waals surface area contributed by atoms with Crippen molar-refractivity contribution in [3.8, 4) is 11.5 Å². The van der Waals surface area contributed by atoms with Crippen molar-refractivity contribution >= 4 is 22.9 Å². The molecule has 1 aromatic carbocycles. The van der Waals surface area contributed by atoms with Crippen molar-refractivity contribution in [2.75, 3.05) is 19.7 Å². The van der Waals surface area contributed by atoms with Gasteiger partial charge in [0.05, 0.1) is 12.2 Å². The molecule has 0 aromatic heterocycles. The van der Waals surface area contributed by atoms with Gasteiger partial charge >= 0.3 is 5.97 Å². The van der Waals surface area contributed by atoms with E-state index in [-0.39, 0.29) is 12.8 Å². The van der Waals surface area contributed by atoms with Crippen LogP contribution in [0, 0.1) is 0 Å². The van der Waals surface area contributed by atoms with E-state index in [0.717, 1.165) is 16.4 Å². The van der Waals surface area contributed by atoms with Gasteiger partial charge in [0.25, 0.3) is 0 Å². The van der Waals surface area contributed by atoms with E-state index >= 15 is 0 Å². The average Bonchev–Trinajstić information content (AvgIpc) is 3.01. The highest BCUT2D eigenvalue weighted by atomic mass is 32.2. The number of thioether (sulfide) groups is 1. The average molecular weight is 334 g/mol. The van der Waals surface area contributed by atoms with Gasteiger partial charge in [0.15, 0.2) is 16.7 Å². The van der Waals surface area contributed by atoms with E-state index in [1.165, 1.54) is 11.8 Å². The Morgan fingerprint density at radius 1 is 1.43 bits per heavy atom. The number of ether oxygens (including phenoxy) is 3. The van der Waals surface area contributed by atoms with E-state index in [1.54, 1.807) is 6.92 Å². The van der Waals surface area contributed by atoms with Gasteiger partial charge in [-0.25, -0.2) is 9.79 Å². The quantitative estimate of drug-likeness (QED) is 0.857. The lowest BCUT2D eigenvalue weighted by Crippen LogP contribution is -2.30. The highest BCUT2D eigenvalue weighted by Gasteiger charge is 2.31. The molecule has 1 atom stereocenters. The highest BCUT2D eigenvalue weighted by molar-refractivity contribution is 8.13. The predicted octanol–water partition coefficient (Wildman–Crippen LogP) is 2.62. The maximum Gasteiger partial charge on any atom is 0.338 e. The summed E-state index contributed by atoms with van der Waals surface area (Å²) in [6.45, 7) is 4.18. The van der Waals surface area contributed by atoms with Crippen LogP contribution in [0.3, 0.4) is 0 Å². The molecule has 0 fully saturated rings. The minimum atomic E-state index is -0.424. The van der Waals surface area contributed by atoms with Crippen molar-refractivity contribution in [2.45, 2.75) is 19.9 Å². The lowest BCUT2D eigenvalue weighted by atomic mass is 9.96. The van der Waals surface area contributed by atoms with Crippen LogP contribution in [0.2, 0.25) is 0 Å². The molecule has 0 aliphatic carbocycles. The zero-order valence-electron chi connectivity index (χ0n) is 13.2. The van der Waals surface area contributed by atoms with Crippen molar-refractivity contribution in [2.24, 2.45) is 4.99 Å². The third-order valence-corrected chi connectivity index (χ3v) is 4.21. The minimum Gasteiger partial charge on any atom is -0.463 e. The van der Waals surface area contributed by atoms with E-state index in [4.69, 9.17) is 14.2 Å². The summed E-state index contributed by atoms with van der Waals surface area (Å²) in [4.78, 5) is 17.0. The zero-order valence-corrected chi connectivity index (χ0v) is 14.0. The summed E-state index contributed by atoms with van der Waals surface area (Å²) in [5, 5.41) is 3.91. The number of hydrogen-bond acceptors (Lipinski definition) is 7. The second-order valence-electron chi connectivity index (χ2n) is 5.04. The Balaban J connectivity index is 2.02. The second kappa shape index (κ2) is 6.54. The molecule has 2 aliphatic rings. The molecule has 2 aliphatic heterocycles. The van der Waals surface area contributed by atoms with Gasteiger partial charge in [-0.1, -0.05) is 17.8 Å². The number of benzene rings is 1. The molecule has 23 heavy (non-hydrogen) atoms. The third kappa shape index (κ3) is 3.01. The normalized spacial score (nSPS) is 19.3. The number of nitrogens with zero attached hydrogens (tertiary/aromatic N) is 1. The Morgan fingerprint density at radius 3 is 2.96 bits per heavy atom. The SMILES string of the molecule is CCOC(=O)C1=C(C)NC(SC)=N[C@@H]1c1ccc2c(c1)OCO2. The van der Waals surface area contributed by atoms with Gasteiger partial charge in [-0.3, -0.25) is 0 Å². The van der Waals surface area contributed by atoms with Crippen molar-refractivity contribution in [1.82, 2.24) is 5.32 Å². The Morgan fingerprint density at radius 2 is 2.22 bits per heavy atom. The van der Waals surface area contributed by atoms with Gasteiger partial charge in [0.1, 0.15) is 6.04 Å². The second-order valence-corrected chi connectivity index (χ2v) is 5.83. The first-order valence-electron chi connectivity index (χ1n) is 7.30. The number of rotatable bonds is 3. The van der Waals surface area contributed by atoms with E-state index in [0.29, 0.717) is 23.7 Å². The Kier molecular flexibility index (Phi) is 4.47. The van der Waals surface area contributed by atoms with Gasteiger partial charge < -0.3 is 19.5 Å². The van der Waals surface area contributed by atoms with Crippen LogP contribution in [0.1, 0.15) is 25.5 Å². The summed E-state index contributed by atoms with van der Waals surface area (Å²) in [5.74, 6) is 1.02. The monoisotopic (exact) mass is 334 g/mol. The Hall–Kier alpha value is -2.15. The molecule has 0 saturated carbocycles. The number of amidine groups is 1. The van der Waals surface area contributed by atoms with Gasteiger partial charge in [-0.15, -0.1) is 0 Å². The molecule has 2 heterocycles. The molecule has 0 spiro atoms. The number of hydrogen-bond donors (Lipinski definition) is 1. The van der Waals surface area contributed by atoms with E-state index in [9.17, 15) is 4.79 Å². The van der Waals surface area contributed by atoms with Crippen molar-refractivity contribution in [3.05, 3.63) is 35.0 Å². The number of nitrogens with one attached hydrogen (secondary N) is 1. The number of esters is 1. The van der Waals surface area contributed by atoms with E-state index in [1.807, 2.05) is 31.4 Å². The molecule has 1 aromatic rings. The van der Waals surface area contributed by atoms with E-state index < -0.39 is 6.04 Å². The number of aliphatic imine (C=N–C) groups is 1. The van der Waals surface area contributed by atoms with Crippen LogP contribution in [-0.2, 0) is 9.53 Å². The molecule has 122 valence electrons. The van der Waals surface area contributed by atoms with Gasteiger partial charge in [-0.05, 0) is 37.8 Å². The van der Waals surface area contributed by atoms with Crippen LogP contribution >= 0.6 is 11.8 Å². The van der Waals surface area contributed by atoms with E-state index in [2.05, 4.69) is 10.3 Å². The number of carbonyl (C=O) groups is 1. The lowest BCUT2D eigenvalue weighted by molar-refractivity contribution is -0.138. The zero-order chi connectivity index (χ0) is 16.4. The smallest absolute Gasteiger partial charge is 0.338 e. The number of allylic oxidation sites excluding steroid dienone is 1. The molecule has 0 radical (unpaired) electrons. The predicted molar refractivity (Wildman–Crippen MR) is 88.7 cm³/mol. The molecule has 6 nitrogen and oxygen atoms in total. The van der Waals surface area contributed by atoms with Gasteiger partial charge in [0, 0.05) is 5.70 Å². The first-order chi connectivity index (χ1) is 11.1. The highest BCUT2D eigenvalue weighted by Crippen LogP contribution is 2.39. The van der Waals surface area contributed by atoms with Crippen molar-refractivity contribution < 1.29 is 19.0 Å². The summed E-state index contributed by atoms with van der Waals surface area (Å²) in [5.41, 5.74) is 2.14. The molecule has 0 bridgehead atoms. The standard InChI is InChI=1S/C16H18N2O4S/c1-4-20-15(19)13-9(2)17-16(23-3)18-14(13)10-5-6-11-12(7-10)22-8-21-11/h5-7,14H,4,8H2,1-3H3,(H,17,18)/t14-/m1/s1. The van der Waals surface area contributed by atoms with Crippen molar-refractivity contribution in [1.29, 1.82) is 0 Å². The fourth-order valence-corrected chi connectivity index (χ4v) is 3.01. The Bertz CT molecular complexity index is 699. The Labute approximate surface area is 138 Å². The molecular weight excluding hydrogens is 316 g/mol. The topological polar surface area (TPSA) is 69.2 Å². The number of carbonyl (C=O) groups excluding carboxylic acids is 1. The molecular formula is C16H18N2O4S. The lowest BCUT2D eigenvalue weighted by Gasteiger charge is -2.25. The molecule has 0 saturated heterocycles. The van der Waals surface area contributed by atoms with Crippen LogP contribution < -0.4 is 14.8 Å². The fourth-order valence-electron chi connectivity index (χ4n) is 2.55. The molecule has 7 heteroatoms. The van der Waals surface area contributed by atoms with Gasteiger partial charge in [-0.2, -0.15) is 0 Å². The first kappa shape index (κ1) is 15.7. The maximum absolute atomic E-state index is 12.4. The molecule has 3 rings (SSSR count). The summed E-state index contributed by atoms with van der Waals surface area (Å²) in [6, 6.07) is 5.18. The summed E-state index contributed by atoms with van der Waals surface area (Å²) in [6.07, 6.45) is 1.94. The fraction of sp³-hybridized carbons (Fsp3) is 0.375. The molecule has 0 unspecified atom stereocenters. The third-order valence-electron chi connectivity index (χ3n) is 3.62. The maximum atomic E-state index is 12.4. The van der Waals surface area contributed by atoms with Crippen LogP contribution in [-0.4, -0.2) is 30.8 Å². The number of fused-ring (bicyclic) bond motifs is 1. The van der Waals surface area contributed by atoms with Crippen LogP contribution in [0.25, 0.3) is 0 Å². The summed E-state index contributed by atoms with van der Waals surface area (Å²) in [7, 11) is 0. The van der Waals surface area contributed by atoms with Crippen LogP contribution in [0.15, 0.2) is 34.5 Å². The van der Waals surface area contributed by atoms with Crippen molar-refractivity contribution in [3.63, 3.8) is 0 Å². The summed E-state index contributed by atoms with van der Waals surface area (Å²) >= 11 is 1.50. The molecule has 1 N–H and O–H groups in total.